The average molecular weight is 284 g/mol. The summed E-state index contributed by atoms with van der Waals surface area (Å²) in [5.41, 5.74) is 0. The van der Waals surface area contributed by atoms with Crippen molar-refractivity contribution in [3.8, 4) is 0 Å². The lowest BCUT2D eigenvalue weighted by molar-refractivity contribution is -0.148. The van der Waals surface area contributed by atoms with E-state index in [1.165, 1.54) is 0 Å². The lowest BCUT2D eigenvalue weighted by Crippen LogP contribution is -2.42. The Morgan fingerprint density at radius 2 is 1.80 bits per heavy atom. The zero-order valence-corrected chi connectivity index (χ0v) is 12.7. The molecular weight excluding hydrogens is 256 g/mol. The van der Waals surface area contributed by atoms with E-state index in [4.69, 9.17) is 0 Å². The monoisotopic (exact) mass is 284 g/mol. The van der Waals surface area contributed by atoms with Crippen LogP contribution in [0.5, 0.6) is 0 Å². The van der Waals surface area contributed by atoms with Gasteiger partial charge in [-0.25, -0.2) is 0 Å². The molecule has 0 aliphatic heterocycles. The lowest BCUT2D eigenvalue weighted by atomic mass is 9.79. The van der Waals surface area contributed by atoms with E-state index < -0.39 is 11.9 Å². The Bertz CT molecular complexity index is 320. The van der Waals surface area contributed by atoms with Crippen molar-refractivity contribution in [2.45, 2.75) is 46.0 Å². The maximum Gasteiger partial charge on any atom is 0.307 e. The molecule has 0 spiro atoms. The number of likely N-dealkylation sites (N-methyl/N-ethyl adjacent to an activating group) is 1. The molecule has 0 aromatic carbocycles. The third kappa shape index (κ3) is 5.12. The number of carboxylic acids is 1. The van der Waals surface area contributed by atoms with Crippen LogP contribution in [-0.2, 0) is 9.59 Å². The maximum absolute atomic E-state index is 12.1. The fourth-order valence-corrected chi connectivity index (χ4v) is 2.95. The highest BCUT2D eigenvalue weighted by Crippen LogP contribution is 2.30. The predicted octanol–water partition coefficient (Wildman–Crippen LogP) is 1.73. The summed E-state index contributed by atoms with van der Waals surface area (Å²) >= 11 is 0. The van der Waals surface area contributed by atoms with Crippen molar-refractivity contribution < 1.29 is 14.7 Å². The van der Waals surface area contributed by atoms with Crippen LogP contribution in [-0.4, -0.2) is 48.1 Å². The van der Waals surface area contributed by atoms with E-state index in [9.17, 15) is 14.7 Å². The minimum Gasteiger partial charge on any atom is -0.481 e. The van der Waals surface area contributed by atoms with E-state index in [1.807, 2.05) is 0 Å². The topological polar surface area (TPSA) is 69.6 Å². The third-order valence-corrected chi connectivity index (χ3v) is 4.13. The molecule has 1 aliphatic rings. The van der Waals surface area contributed by atoms with Gasteiger partial charge >= 0.3 is 5.97 Å². The molecule has 1 rings (SSSR count). The Morgan fingerprint density at radius 1 is 1.15 bits per heavy atom. The molecule has 0 heterocycles. The summed E-state index contributed by atoms with van der Waals surface area (Å²) in [6.07, 6.45) is 4.31. The van der Waals surface area contributed by atoms with Crippen LogP contribution in [0.4, 0.5) is 0 Å². The number of rotatable bonds is 8. The molecule has 5 nitrogen and oxygen atoms in total. The molecule has 1 saturated carbocycles. The van der Waals surface area contributed by atoms with Gasteiger partial charge in [-0.1, -0.05) is 26.7 Å². The number of nitrogens with one attached hydrogen (secondary N) is 1. The number of carboxylic acid groups (broad SMARTS) is 1. The van der Waals surface area contributed by atoms with Crippen molar-refractivity contribution in [2.24, 2.45) is 11.8 Å². The molecule has 116 valence electrons. The van der Waals surface area contributed by atoms with Crippen LogP contribution in [0.2, 0.25) is 0 Å². The molecule has 20 heavy (non-hydrogen) atoms. The van der Waals surface area contributed by atoms with Gasteiger partial charge in [-0.15, -0.1) is 0 Å². The third-order valence-electron chi connectivity index (χ3n) is 4.13. The molecule has 0 aromatic heterocycles. The van der Waals surface area contributed by atoms with Crippen molar-refractivity contribution in [1.29, 1.82) is 0 Å². The van der Waals surface area contributed by atoms with Gasteiger partial charge < -0.3 is 15.3 Å². The van der Waals surface area contributed by atoms with Gasteiger partial charge in [0.25, 0.3) is 0 Å². The maximum atomic E-state index is 12.1. The zero-order chi connectivity index (χ0) is 15.0. The van der Waals surface area contributed by atoms with Crippen molar-refractivity contribution in [3.05, 3.63) is 0 Å². The molecule has 1 aliphatic carbocycles. The zero-order valence-electron chi connectivity index (χ0n) is 12.7. The van der Waals surface area contributed by atoms with Crippen molar-refractivity contribution in [2.75, 3.05) is 26.2 Å². The molecule has 2 atom stereocenters. The van der Waals surface area contributed by atoms with Gasteiger partial charge in [0.1, 0.15) is 0 Å². The summed E-state index contributed by atoms with van der Waals surface area (Å²) in [7, 11) is 0. The first-order valence-electron chi connectivity index (χ1n) is 7.83. The minimum absolute atomic E-state index is 0.0790. The average Bonchev–Trinajstić information content (AvgIpc) is 2.46. The molecule has 5 heteroatoms. The standard InChI is InChI=1S/C15H28N2O3/c1-3-10-17(4-2)11-9-16-14(18)12-7-5-6-8-13(12)15(19)20/h12-13H,3-11H2,1-2H3,(H,16,18)(H,19,20)/t12-,13+/m1/s1. The van der Waals surface area contributed by atoms with Gasteiger partial charge in [-0.05, 0) is 32.4 Å². The largest absolute Gasteiger partial charge is 0.481 e. The fraction of sp³-hybridized carbons (Fsp3) is 0.867. The number of hydrogen-bond acceptors (Lipinski definition) is 3. The Morgan fingerprint density at radius 3 is 2.35 bits per heavy atom. The van der Waals surface area contributed by atoms with Crippen molar-refractivity contribution in [1.82, 2.24) is 10.2 Å². The quantitative estimate of drug-likeness (QED) is 0.712. The molecule has 0 radical (unpaired) electrons. The van der Waals surface area contributed by atoms with Crippen LogP contribution < -0.4 is 5.32 Å². The highest BCUT2D eigenvalue weighted by Gasteiger charge is 2.35. The highest BCUT2D eigenvalue weighted by molar-refractivity contribution is 5.84. The number of carbonyl (C=O) groups excluding carboxylic acids is 1. The Balaban J connectivity index is 2.38. The molecular formula is C15H28N2O3. The van der Waals surface area contributed by atoms with Crippen LogP contribution in [0.25, 0.3) is 0 Å². The highest BCUT2D eigenvalue weighted by atomic mass is 16.4. The predicted molar refractivity (Wildman–Crippen MR) is 78.5 cm³/mol. The smallest absolute Gasteiger partial charge is 0.307 e. The Hall–Kier alpha value is -1.10. The first-order valence-corrected chi connectivity index (χ1v) is 7.83. The minimum atomic E-state index is -0.828. The summed E-state index contributed by atoms with van der Waals surface area (Å²) in [6, 6.07) is 0. The summed E-state index contributed by atoms with van der Waals surface area (Å²) in [4.78, 5) is 25.6. The number of hydrogen-bond donors (Lipinski definition) is 2. The molecule has 0 saturated heterocycles. The Kier molecular flexibility index (Phi) is 7.59. The van der Waals surface area contributed by atoms with Gasteiger partial charge in [0.05, 0.1) is 11.8 Å². The second-order valence-electron chi connectivity index (χ2n) is 5.56. The molecule has 1 fully saturated rings. The number of aliphatic carboxylic acids is 1. The Labute approximate surface area is 121 Å². The number of amides is 1. The van der Waals surface area contributed by atoms with E-state index in [0.717, 1.165) is 38.9 Å². The van der Waals surface area contributed by atoms with E-state index in [0.29, 0.717) is 19.4 Å². The second kappa shape index (κ2) is 8.95. The van der Waals surface area contributed by atoms with Gasteiger partial charge in [0.2, 0.25) is 5.91 Å². The van der Waals surface area contributed by atoms with Crippen LogP contribution in [0.15, 0.2) is 0 Å². The lowest BCUT2D eigenvalue weighted by Gasteiger charge is -2.28. The van der Waals surface area contributed by atoms with Crippen molar-refractivity contribution in [3.63, 3.8) is 0 Å². The molecule has 0 bridgehead atoms. The molecule has 1 amide bonds. The van der Waals surface area contributed by atoms with Gasteiger partial charge in [0.15, 0.2) is 0 Å². The molecule has 2 N–H and O–H groups in total. The van der Waals surface area contributed by atoms with E-state index in [2.05, 4.69) is 24.1 Å². The summed E-state index contributed by atoms with van der Waals surface area (Å²) in [6.45, 7) is 7.70. The van der Waals surface area contributed by atoms with Crippen LogP contribution >= 0.6 is 0 Å². The fourth-order valence-electron chi connectivity index (χ4n) is 2.95. The second-order valence-corrected chi connectivity index (χ2v) is 5.56. The number of carbonyl (C=O) groups is 2. The van der Waals surface area contributed by atoms with E-state index in [-0.39, 0.29) is 11.8 Å². The molecule has 0 aromatic rings. The summed E-state index contributed by atoms with van der Waals surface area (Å²) in [5, 5.41) is 12.1. The summed E-state index contributed by atoms with van der Waals surface area (Å²) in [5.74, 6) is -1.75. The SMILES string of the molecule is CCCN(CC)CCNC(=O)[C@@H]1CCCC[C@@H]1C(=O)O. The van der Waals surface area contributed by atoms with Gasteiger partial charge in [-0.3, -0.25) is 9.59 Å². The normalized spacial score (nSPS) is 22.8. The first-order chi connectivity index (χ1) is 9.60. The summed E-state index contributed by atoms with van der Waals surface area (Å²) < 4.78 is 0. The van der Waals surface area contributed by atoms with Crippen LogP contribution in [0, 0.1) is 11.8 Å². The van der Waals surface area contributed by atoms with Crippen molar-refractivity contribution >= 4 is 11.9 Å². The van der Waals surface area contributed by atoms with Crippen LogP contribution in [0.1, 0.15) is 46.0 Å². The van der Waals surface area contributed by atoms with Gasteiger partial charge in [0, 0.05) is 13.1 Å². The van der Waals surface area contributed by atoms with E-state index in [1.54, 1.807) is 0 Å². The first kappa shape index (κ1) is 17.0. The van der Waals surface area contributed by atoms with Crippen LogP contribution in [0.3, 0.4) is 0 Å². The van der Waals surface area contributed by atoms with E-state index >= 15 is 0 Å². The van der Waals surface area contributed by atoms with Gasteiger partial charge in [-0.2, -0.15) is 0 Å². The molecule has 0 unspecified atom stereocenters. The number of nitrogens with zero attached hydrogens (tertiary/aromatic N) is 1.